The van der Waals surface area contributed by atoms with Crippen molar-refractivity contribution in [1.82, 2.24) is 0 Å². The van der Waals surface area contributed by atoms with Crippen LogP contribution in [-0.2, 0) is 9.84 Å². The fraction of sp³-hybridized carbons (Fsp3) is 0.500. The summed E-state index contributed by atoms with van der Waals surface area (Å²) in [5.74, 6) is -3.40. The summed E-state index contributed by atoms with van der Waals surface area (Å²) in [7, 11) is -3.28. The largest absolute Gasteiger partial charge is 0.378 e. The Hall–Kier alpha value is -1.24. The fourth-order valence-electron chi connectivity index (χ4n) is 2.46. The lowest BCUT2D eigenvalue weighted by Gasteiger charge is -2.21. The molecule has 1 saturated carbocycles. The van der Waals surface area contributed by atoms with Crippen molar-refractivity contribution >= 4 is 15.5 Å². The van der Waals surface area contributed by atoms with E-state index in [1.807, 2.05) is 0 Å². The highest BCUT2D eigenvalue weighted by molar-refractivity contribution is 7.91. The number of benzene rings is 1. The predicted molar refractivity (Wildman–Crippen MR) is 66.2 cm³/mol. The van der Waals surface area contributed by atoms with Crippen LogP contribution in [0.4, 0.5) is 18.9 Å². The van der Waals surface area contributed by atoms with Gasteiger partial charge >= 0.3 is 0 Å². The van der Waals surface area contributed by atoms with E-state index in [-0.39, 0.29) is 5.69 Å². The maximum absolute atomic E-state index is 13.5. The molecule has 19 heavy (non-hydrogen) atoms. The van der Waals surface area contributed by atoms with Gasteiger partial charge in [0.15, 0.2) is 21.5 Å². The third-order valence-electron chi connectivity index (χ3n) is 3.34. The van der Waals surface area contributed by atoms with Crippen LogP contribution < -0.4 is 5.32 Å². The Morgan fingerprint density at radius 1 is 1.21 bits per heavy atom. The third-order valence-corrected chi connectivity index (χ3v) is 5.00. The molecule has 0 heterocycles. The minimum Gasteiger partial charge on any atom is -0.378 e. The average molecular weight is 293 g/mol. The van der Waals surface area contributed by atoms with Gasteiger partial charge in [-0.05, 0) is 19.3 Å². The van der Waals surface area contributed by atoms with Crippen LogP contribution in [0.3, 0.4) is 0 Å². The first-order valence-electron chi connectivity index (χ1n) is 5.89. The summed E-state index contributed by atoms with van der Waals surface area (Å²) < 4.78 is 62.8. The van der Waals surface area contributed by atoms with Crippen LogP contribution in [0.15, 0.2) is 12.1 Å². The summed E-state index contributed by atoms with van der Waals surface area (Å²) in [5, 5.41) is 1.96. The minimum atomic E-state index is -3.28. The zero-order chi connectivity index (χ0) is 14.2. The van der Waals surface area contributed by atoms with E-state index in [1.165, 1.54) is 0 Å². The summed E-state index contributed by atoms with van der Waals surface area (Å²) in [5.41, 5.74) is -0.335. The van der Waals surface area contributed by atoms with Gasteiger partial charge in [-0.2, -0.15) is 0 Å². The molecule has 2 rings (SSSR count). The van der Waals surface area contributed by atoms with Crippen LogP contribution in [-0.4, -0.2) is 26.0 Å². The lowest BCUT2D eigenvalue weighted by molar-refractivity contribution is 0.495. The van der Waals surface area contributed by atoms with Crippen molar-refractivity contribution in [3.63, 3.8) is 0 Å². The maximum Gasteiger partial charge on any atom is 0.182 e. The van der Waals surface area contributed by atoms with Crippen LogP contribution in [0.2, 0.25) is 0 Å². The number of sulfone groups is 1. The maximum atomic E-state index is 13.5. The van der Waals surface area contributed by atoms with Crippen molar-refractivity contribution in [3.05, 3.63) is 29.6 Å². The first-order chi connectivity index (χ1) is 8.79. The molecule has 1 aliphatic rings. The number of nitrogens with one attached hydrogen (secondary N) is 1. The first-order valence-corrected chi connectivity index (χ1v) is 7.84. The van der Waals surface area contributed by atoms with E-state index in [2.05, 4.69) is 5.32 Å². The second-order valence-electron chi connectivity index (χ2n) is 4.80. The quantitative estimate of drug-likeness (QED) is 0.871. The SMILES string of the molecule is CS(=O)(=O)C1CCCC1Nc1cc(F)cc(F)c1F. The molecule has 3 nitrogen and oxygen atoms in total. The second kappa shape index (κ2) is 5.03. The van der Waals surface area contributed by atoms with Crippen molar-refractivity contribution in [3.8, 4) is 0 Å². The summed E-state index contributed by atoms with van der Waals surface area (Å²) in [6, 6.07) is 0.755. The summed E-state index contributed by atoms with van der Waals surface area (Å²) in [6.45, 7) is 0. The number of halogens is 3. The molecule has 1 aliphatic carbocycles. The van der Waals surface area contributed by atoms with Crippen LogP contribution in [0.1, 0.15) is 19.3 Å². The van der Waals surface area contributed by atoms with Gasteiger partial charge < -0.3 is 5.32 Å². The number of anilines is 1. The number of hydrogen-bond donors (Lipinski definition) is 1. The Balaban J connectivity index is 2.26. The van der Waals surface area contributed by atoms with Gasteiger partial charge in [-0.1, -0.05) is 0 Å². The van der Waals surface area contributed by atoms with Gasteiger partial charge in [0, 0.05) is 24.4 Å². The summed E-state index contributed by atoms with van der Waals surface area (Å²) in [6.07, 6.45) is 2.78. The molecule has 1 aromatic carbocycles. The van der Waals surface area contributed by atoms with E-state index in [0.29, 0.717) is 25.3 Å². The zero-order valence-corrected chi connectivity index (χ0v) is 11.1. The fourth-order valence-corrected chi connectivity index (χ4v) is 3.86. The first kappa shape index (κ1) is 14.2. The number of rotatable bonds is 3. The standard InChI is InChI=1S/C12H14F3NO2S/c1-19(17,18)11-4-2-3-9(11)16-10-6-7(13)5-8(14)12(10)15/h5-6,9,11,16H,2-4H2,1H3. The zero-order valence-electron chi connectivity index (χ0n) is 10.3. The number of hydrogen-bond acceptors (Lipinski definition) is 3. The Morgan fingerprint density at radius 3 is 2.53 bits per heavy atom. The molecule has 7 heteroatoms. The van der Waals surface area contributed by atoms with Gasteiger partial charge in [-0.3, -0.25) is 0 Å². The van der Waals surface area contributed by atoms with Gasteiger partial charge in [0.2, 0.25) is 0 Å². The van der Waals surface area contributed by atoms with Crippen molar-refractivity contribution in [1.29, 1.82) is 0 Å². The van der Waals surface area contributed by atoms with Gasteiger partial charge in [-0.15, -0.1) is 0 Å². The van der Waals surface area contributed by atoms with Crippen LogP contribution >= 0.6 is 0 Å². The Bertz CT molecular complexity index is 589. The molecule has 2 atom stereocenters. The third kappa shape index (κ3) is 3.02. The predicted octanol–water partition coefficient (Wildman–Crippen LogP) is 2.48. The Labute approximate surface area is 109 Å². The van der Waals surface area contributed by atoms with Crippen molar-refractivity contribution in [2.45, 2.75) is 30.6 Å². The molecular weight excluding hydrogens is 279 g/mol. The molecule has 1 fully saturated rings. The molecule has 106 valence electrons. The minimum absolute atomic E-state index is 0.335. The molecule has 1 N–H and O–H groups in total. The topological polar surface area (TPSA) is 46.2 Å². The molecule has 2 unspecified atom stereocenters. The summed E-state index contributed by atoms with van der Waals surface area (Å²) in [4.78, 5) is 0. The molecule has 0 saturated heterocycles. The van der Waals surface area contributed by atoms with E-state index in [4.69, 9.17) is 0 Å². The highest BCUT2D eigenvalue weighted by Crippen LogP contribution is 2.29. The van der Waals surface area contributed by atoms with E-state index in [1.54, 1.807) is 0 Å². The van der Waals surface area contributed by atoms with E-state index in [0.717, 1.165) is 12.3 Å². The van der Waals surface area contributed by atoms with Gasteiger partial charge in [0.05, 0.1) is 10.9 Å². The highest BCUT2D eigenvalue weighted by atomic mass is 32.2. The molecule has 0 bridgehead atoms. The van der Waals surface area contributed by atoms with Crippen molar-refractivity contribution < 1.29 is 21.6 Å². The lowest BCUT2D eigenvalue weighted by atomic mass is 10.2. The van der Waals surface area contributed by atoms with Gasteiger partial charge in [-0.25, -0.2) is 21.6 Å². The van der Waals surface area contributed by atoms with Crippen LogP contribution in [0.5, 0.6) is 0 Å². The highest BCUT2D eigenvalue weighted by Gasteiger charge is 2.35. The molecule has 1 aromatic rings. The Kier molecular flexibility index (Phi) is 3.75. The smallest absolute Gasteiger partial charge is 0.182 e. The van der Waals surface area contributed by atoms with E-state index < -0.39 is 38.6 Å². The van der Waals surface area contributed by atoms with E-state index in [9.17, 15) is 21.6 Å². The summed E-state index contributed by atoms with van der Waals surface area (Å²) >= 11 is 0. The molecular formula is C12H14F3NO2S. The van der Waals surface area contributed by atoms with Crippen molar-refractivity contribution in [2.24, 2.45) is 0 Å². The van der Waals surface area contributed by atoms with Crippen LogP contribution in [0, 0.1) is 17.5 Å². The lowest BCUT2D eigenvalue weighted by Crippen LogP contribution is -2.34. The van der Waals surface area contributed by atoms with Crippen LogP contribution in [0.25, 0.3) is 0 Å². The monoisotopic (exact) mass is 293 g/mol. The van der Waals surface area contributed by atoms with E-state index >= 15 is 0 Å². The molecule has 0 aliphatic heterocycles. The van der Waals surface area contributed by atoms with Gasteiger partial charge in [0.25, 0.3) is 0 Å². The van der Waals surface area contributed by atoms with Crippen molar-refractivity contribution in [2.75, 3.05) is 11.6 Å². The molecule has 0 radical (unpaired) electrons. The molecule has 0 aromatic heterocycles. The molecule has 0 amide bonds. The molecule has 0 spiro atoms. The Morgan fingerprint density at radius 2 is 1.89 bits per heavy atom. The normalized spacial score (nSPS) is 23.6. The average Bonchev–Trinajstić information content (AvgIpc) is 2.73. The second-order valence-corrected chi connectivity index (χ2v) is 7.06. The van der Waals surface area contributed by atoms with Gasteiger partial charge in [0.1, 0.15) is 5.82 Å².